The van der Waals surface area contributed by atoms with E-state index in [2.05, 4.69) is 26.1 Å². The van der Waals surface area contributed by atoms with Crippen LogP contribution < -0.4 is 5.32 Å². The maximum atomic E-state index is 11.2. The number of carbonyl (C=O) groups is 1. The van der Waals surface area contributed by atoms with Crippen molar-refractivity contribution >= 4 is 5.91 Å². The SMILES string of the molecule is CCCCCC1NC(=O)CC1(C)C. The smallest absolute Gasteiger partial charge is 0.220 e. The van der Waals surface area contributed by atoms with E-state index in [9.17, 15) is 4.79 Å². The fraction of sp³-hybridized carbons (Fsp3) is 0.909. The fourth-order valence-corrected chi connectivity index (χ4v) is 2.04. The van der Waals surface area contributed by atoms with Crippen molar-refractivity contribution in [2.45, 2.75) is 58.9 Å². The summed E-state index contributed by atoms with van der Waals surface area (Å²) < 4.78 is 0. The highest BCUT2D eigenvalue weighted by Gasteiger charge is 2.38. The normalized spacial score (nSPS) is 26.1. The zero-order chi connectivity index (χ0) is 9.90. The highest BCUT2D eigenvalue weighted by Crippen LogP contribution is 2.33. The van der Waals surface area contributed by atoms with Gasteiger partial charge in [-0.05, 0) is 11.8 Å². The molecule has 1 heterocycles. The molecule has 2 nitrogen and oxygen atoms in total. The van der Waals surface area contributed by atoms with Crippen molar-refractivity contribution in [3.8, 4) is 0 Å². The van der Waals surface area contributed by atoms with Gasteiger partial charge in [0.2, 0.25) is 5.91 Å². The highest BCUT2D eigenvalue weighted by atomic mass is 16.2. The minimum atomic E-state index is 0.171. The van der Waals surface area contributed by atoms with Gasteiger partial charge in [-0.2, -0.15) is 0 Å². The van der Waals surface area contributed by atoms with Crippen molar-refractivity contribution in [3.05, 3.63) is 0 Å². The number of carbonyl (C=O) groups excluding carboxylic acids is 1. The Balaban J connectivity index is 2.36. The van der Waals surface area contributed by atoms with Crippen molar-refractivity contribution in [2.75, 3.05) is 0 Å². The first-order chi connectivity index (χ1) is 6.06. The molecule has 1 rings (SSSR count). The Bertz CT molecular complexity index is 187. The number of hydrogen-bond acceptors (Lipinski definition) is 1. The lowest BCUT2D eigenvalue weighted by Gasteiger charge is -2.25. The second-order valence-electron chi connectivity index (χ2n) is 4.78. The van der Waals surface area contributed by atoms with Gasteiger partial charge in [0, 0.05) is 12.5 Å². The van der Waals surface area contributed by atoms with Gasteiger partial charge >= 0.3 is 0 Å². The zero-order valence-electron chi connectivity index (χ0n) is 9.02. The summed E-state index contributed by atoms with van der Waals surface area (Å²) >= 11 is 0. The first-order valence-corrected chi connectivity index (χ1v) is 5.35. The molecule has 1 N–H and O–H groups in total. The molecule has 1 unspecified atom stereocenters. The molecule has 1 aliphatic heterocycles. The quantitative estimate of drug-likeness (QED) is 0.666. The third-order valence-corrected chi connectivity index (χ3v) is 2.99. The lowest BCUT2D eigenvalue weighted by Crippen LogP contribution is -2.33. The van der Waals surface area contributed by atoms with Crippen LogP contribution in [0.4, 0.5) is 0 Å². The predicted octanol–water partition coefficient (Wildman–Crippen LogP) is 2.48. The average molecular weight is 183 g/mol. The number of nitrogens with one attached hydrogen (secondary N) is 1. The third kappa shape index (κ3) is 2.71. The Morgan fingerprint density at radius 2 is 2.15 bits per heavy atom. The lowest BCUT2D eigenvalue weighted by atomic mass is 9.82. The topological polar surface area (TPSA) is 29.1 Å². The summed E-state index contributed by atoms with van der Waals surface area (Å²) in [6.07, 6.45) is 5.62. The van der Waals surface area contributed by atoms with Crippen LogP contribution in [0.2, 0.25) is 0 Å². The number of rotatable bonds is 4. The number of hydrogen-bond donors (Lipinski definition) is 1. The zero-order valence-corrected chi connectivity index (χ0v) is 9.02. The summed E-state index contributed by atoms with van der Waals surface area (Å²) in [5.41, 5.74) is 0.171. The summed E-state index contributed by atoms with van der Waals surface area (Å²) in [6, 6.07) is 0.409. The van der Waals surface area contributed by atoms with Crippen molar-refractivity contribution in [1.82, 2.24) is 5.32 Å². The van der Waals surface area contributed by atoms with Gasteiger partial charge in [-0.1, -0.05) is 40.0 Å². The molecule has 1 saturated heterocycles. The van der Waals surface area contributed by atoms with E-state index in [4.69, 9.17) is 0 Å². The Labute approximate surface area is 81.1 Å². The summed E-state index contributed by atoms with van der Waals surface area (Å²) in [6.45, 7) is 6.57. The largest absolute Gasteiger partial charge is 0.353 e. The third-order valence-electron chi connectivity index (χ3n) is 2.99. The molecule has 76 valence electrons. The van der Waals surface area contributed by atoms with Crippen molar-refractivity contribution in [1.29, 1.82) is 0 Å². The van der Waals surface area contributed by atoms with Crippen LogP contribution in [-0.4, -0.2) is 11.9 Å². The van der Waals surface area contributed by atoms with Crippen LogP contribution >= 0.6 is 0 Å². The molecule has 0 radical (unpaired) electrons. The highest BCUT2D eigenvalue weighted by molar-refractivity contribution is 5.79. The summed E-state index contributed by atoms with van der Waals surface area (Å²) in [5.74, 6) is 0.228. The first-order valence-electron chi connectivity index (χ1n) is 5.35. The molecule has 13 heavy (non-hydrogen) atoms. The van der Waals surface area contributed by atoms with E-state index in [1.807, 2.05) is 0 Å². The molecule has 0 bridgehead atoms. The molecule has 0 saturated carbocycles. The van der Waals surface area contributed by atoms with E-state index >= 15 is 0 Å². The minimum absolute atomic E-state index is 0.171. The number of unbranched alkanes of at least 4 members (excludes halogenated alkanes) is 2. The van der Waals surface area contributed by atoms with Crippen LogP contribution in [0.3, 0.4) is 0 Å². The maximum Gasteiger partial charge on any atom is 0.220 e. The van der Waals surface area contributed by atoms with Crippen LogP contribution in [0.25, 0.3) is 0 Å². The van der Waals surface area contributed by atoms with Crippen molar-refractivity contribution < 1.29 is 4.79 Å². The van der Waals surface area contributed by atoms with Gasteiger partial charge in [0.15, 0.2) is 0 Å². The van der Waals surface area contributed by atoms with Gasteiger partial charge in [0.05, 0.1) is 0 Å². The molecule has 1 aliphatic rings. The molecule has 0 aromatic heterocycles. The van der Waals surface area contributed by atoms with Gasteiger partial charge in [-0.3, -0.25) is 4.79 Å². The Hall–Kier alpha value is -0.530. The molecule has 2 heteroatoms. The van der Waals surface area contributed by atoms with E-state index in [0.29, 0.717) is 12.5 Å². The van der Waals surface area contributed by atoms with E-state index in [-0.39, 0.29) is 11.3 Å². The average Bonchev–Trinajstić information content (AvgIpc) is 2.25. The molecular formula is C11H21NO. The van der Waals surface area contributed by atoms with Crippen LogP contribution in [0.5, 0.6) is 0 Å². The molecule has 1 atom stereocenters. The van der Waals surface area contributed by atoms with Crippen molar-refractivity contribution in [2.24, 2.45) is 5.41 Å². The van der Waals surface area contributed by atoms with E-state index in [1.54, 1.807) is 0 Å². The van der Waals surface area contributed by atoms with E-state index < -0.39 is 0 Å². The Morgan fingerprint density at radius 1 is 1.46 bits per heavy atom. The molecule has 0 aromatic rings. The van der Waals surface area contributed by atoms with Crippen LogP contribution in [-0.2, 0) is 4.79 Å². The standard InChI is InChI=1S/C11H21NO/c1-4-5-6-7-9-11(2,3)8-10(13)12-9/h9H,4-8H2,1-3H3,(H,12,13). The second-order valence-corrected chi connectivity index (χ2v) is 4.78. The second kappa shape index (κ2) is 4.12. The van der Waals surface area contributed by atoms with Crippen LogP contribution in [0.1, 0.15) is 52.9 Å². The fourth-order valence-electron chi connectivity index (χ4n) is 2.04. The molecule has 1 fully saturated rings. The molecule has 0 aliphatic carbocycles. The van der Waals surface area contributed by atoms with E-state index in [0.717, 1.165) is 6.42 Å². The van der Waals surface area contributed by atoms with Crippen LogP contribution in [0.15, 0.2) is 0 Å². The van der Waals surface area contributed by atoms with Gasteiger partial charge < -0.3 is 5.32 Å². The predicted molar refractivity (Wildman–Crippen MR) is 54.5 cm³/mol. The summed E-state index contributed by atoms with van der Waals surface area (Å²) in [7, 11) is 0. The Kier molecular flexibility index (Phi) is 3.34. The summed E-state index contributed by atoms with van der Waals surface area (Å²) in [5, 5.41) is 3.06. The number of amides is 1. The van der Waals surface area contributed by atoms with Gasteiger partial charge in [-0.15, -0.1) is 0 Å². The van der Waals surface area contributed by atoms with Crippen molar-refractivity contribution in [3.63, 3.8) is 0 Å². The summed E-state index contributed by atoms with van der Waals surface area (Å²) in [4.78, 5) is 11.2. The molecular weight excluding hydrogens is 162 g/mol. The van der Waals surface area contributed by atoms with Crippen LogP contribution in [0, 0.1) is 5.41 Å². The van der Waals surface area contributed by atoms with E-state index in [1.165, 1.54) is 19.3 Å². The van der Waals surface area contributed by atoms with Gasteiger partial charge in [-0.25, -0.2) is 0 Å². The minimum Gasteiger partial charge on any atom is -0.353 e. The monoisotopic (exact) mass is 183 g/mol. The molecule has 0 spiro atoms. The van der Waals surface area contributed by atoms with Gasteiger partial charge in [0.25, 0.3) is 0 Å². The lowest BCUT2D eigenvalue weighted by molar-refractivity contribution is -0.119. The molecule has 1 amide bonds. The maximum absolute atomic E-state index is 11.2. The molecule has 0 aromatic carbocycles. The van der Waals surface area contributed by atoms with Gasteiger partial charge in [0.1, 0.15) is 0 Å². The Morgan fingerprint density at radius 3 is 2.62 bits per heavy atom. The first kappa shape index (κ1) is 10.6.